The highest BCUT2D eigenvalue weighted by atomic mass is 16.5. The van der Waals surface area contributed by atoms with Crippen molar-refractivity contribution in [2.75, 3.05) is 37.0 Å². The lowest BCUT2D eigenvalue weighted by Gasteiger charge is -2.23. The number of benzene rings is 2. The highest BCUT2D eigenvalue weighted by Gasteiger charge is 2.34. The highest BCUT2D eigenvalue weighted by Crippen LogP contribution is 2.34. The number of ether oxygens (including phenoxy) is 1. The van der Waals surface area contributed by atoms with Crippen molar-refractivity contribution in [1.29, 1.82) is 0 Å². The molecule has 1 aliphatic rings. The van der Waals surface area contributed by atoms with E-state index < -0.39 is 0 Å². The van der Waals surface area contributed by atoms with E-state index in [-0.39, 0.29) is 23.6 Å². The minimum absolute atomic E-state index is 0.185. The Balaban J connectivity index is 1.48. The third-order valence-electron chi connectivity index (χ3n) is 7.23. The fourth-order valence-electron chi connectivity index (χ4n) is 5.17. The Hall–Kier alpha value is -4.93. The first-order chi connectivity index (χ1) is 19.3. The van der Waals surface area contributed by atoms with Crippen LogP contribution in [0.1, 0.15) is 28.4 Å². The molecule has 11 heteroatoms. The molecule has 0 radical (unpaired) electrons. The molecule has 0 saturated carbocycles. The van der Waals surface area contributed by atoms with Crippen LogP contribution in [0.5, 0.6) is 6.01 Å². The molecule has 11 nitrogen and oxygen atoms in total. The van der Waals surface area contributed by atoms with Crippen molar-refractivity contribution in [2.45, 2.75) is 20.3 Å². The zero-order chi connectivity index (χ0) is 28.6. The number of urea groups is 1. The van der Waals surface area contributed by atoms with Crippen molar-refractivity contribution in [3.63, 3.8) is 0 Å². The van der Waals surface area contributed by atoms with E-state index in [9.17, 15) is 14.4 Å². The summed E-state index contributed by atoms with van der Waals surface area (Å²) < 4.78 is 7.90. The van der Waals surface area contributed by atoms with Crippen molar-refractivity contribution in [3.05, 3.63) is 81.9 Å². The number of hydrogen-bond acceptors (Lipinski definition) is 6. The van der Waals surface area contributed by atoms with Gasteiger partial charge in [0.1, 0.15) is 5.82 Å². The number of hydrogen-bond donors (Lipinski definition) is 1. The maximum Gasteiger partial charge on any atom is 0.353 e. The zero-order valence-corrected chi connectivity index (χ0v) is 23.1. The molecule has 3 amide bonds. The fourth-order valence-corrected chi connectivity index (χ4v) is 5.17. The smallest absolute Gasteiger partial charge is 0.353 e. The molecule has 206 valence electrons. The molecule has 3 heterocycles. The average Bonchev–Trinajstić information content (AvgIpc) is 3.50. The fraction of sp³-hybridized carbons (Fsp3) is 0.276. The second-order valence-corrected chi connectivity index (χ2v) is 9.40. The zero-order valence-electron chi connectivity index (χ0n) is 23.1. The van der Waals surface area contributed by atoms with E-state index in [1.54, 1.807) is 42.2 Å². The van der Waals surface area contributed by atoms with Gasteiger partial charge in [-0.15, -0.1) is 5.10 Å². The summed E-state index contributed by atoms with van der Waals surface area (Å²) in [5.74, 6) is 0.421. The lowest BCUT2D eigenvalue weighted by Crippen LogP contribution is -2.33. The molecule has 0 bridgehead atoms. The molecule has 2 aromatic heterocycles. The highest BCUT2D eigenvalue weighted by molar-refractivity contribution is 6.08. The van der Waals surface area contributed by atoms with Gasteiger partial charge in [-0.1, -0.05) is 25.1 Å². The Kier molecular flexibility index (Phi) is 7.12. The molecule has 0 unspecified atom stereocenters. The second kappa shape index (κ2) is 10.7. The van der Waals surface area contributed by atoms with Crippen molar-refractivity contribution in [1.82, 2.24) is 24.6 Å². The van der Waals surface area contributed by atoms with Crippen molar-refractivity contribution < 1.29 is 14.3 Å². The van der Waals surface area contributed by atoms with Crippen molar-refractivity contribution in [3.8, 4) is 22.8 Å². The van der Waals surface area contributed by atoms with Crippen molar-refractivity contribution >= 4 is 23.4 Å². The van der Waals surface area contributed by atoms with E-state index in [0.717, 1.165) is 22.3 Å². The van der Waals surface area contributed by atoms with Crippen LogP contribution in [0.2, 0.25) is 0 Å². The summed E-state index contributed by atoms with van der Waals surface area (Å²) in [5, 5.41) is 6.76. The Labute approximate surface area is 231 Å². The Morgan fingerprint density at radius 3 is 2.45 bits per heavy atom. The van der Waals surface area contributed by atoms with Crippen LogP contribution in [0.25, 0.3) is 16.8 Å². The average molecular weight is 542 g/mol. The third-order valence-corrected chi connectivity index (χ3v) is 7.23. The number of carbonyl (C=O) groups is 2. The molecule has 4 aromatic rings. The predicted molar refractivity (Wildman–Crippen MR) is 153 cm³/mol. The van der Waals surface area contributed by atoms with E-state index in [1.165, 1.54) is 16.4 Å². The second-order valence-electron chi connectivity index (χ2n) is 9.40. The molecule has 0 atom stereocenters. The van der Waals surface area contributed by atoms with Gasteiger partial charge in [-0.25, -0.2) is 23.8 Å². The van der Waals surface area contributed by atoms with Gasteiger partial charge in [-0.3, -0.25) is 14.6 Å². The van der Waals surface area contributed by atoms with Gasteiger partial charge in [0.2, 0.25) is 0 Å². The SMILES string of the molecule is CCc1c(-c2ccc(-n3c(OC)nn(C)c3=O)cc2)ccnc1N1CCN(c2cccc(C(=O)NC)c2C)C1=O. The van der Waals surface area contributed by atoms with Gasteiger partial charge in [0.25, 0.3) is 5.91 Å². The first-order valence-electron chi connectivity index (χ1n) is 13.0. The molecule has 1 aliphatic heterocycles. The summed E-state index contributed by atoms with van der Waals surface area (Å²) in [6.45, 7) is 4.83. The number of pyridine rings is 1. The summed E-state index contributed by atoms with van der Waals surface area (Å²) >= 11 is 0. The number of aromatic nitrogens is 4. The topological polar surface area (TPSA) is 115 Å². The predicted octanol–water partition coefficient (Wildman–Crippen LogP) is 3.32. The summed E-state index contributed by atoms with van der Waals surface area (Å²) in [7, 11) is 4.63. The molecule has 5 rings (SSSR count). The summed E-state index contributed by atoms with van der Waals surface area (Å²) in [6, 6.07) is 14.9. The normalized spacial score (nSPS) is 13.2. The quantitative estimate of drug-likeness (QED) is 0.384. The van der Waals surface area contributed by atoms with Crippen LogP contribution < -0.4 is 25.5 Å². The number of nitrogens with zero attached hydrogens (tertiary/aromatic N) is 6. The van der Waals surface area contributed by atoms with Crippen LogP contribution in [-0.4, -0.2) is 58.5 Å². The lowest BCUT2D eigenvalue weighted by atomic mass is 9.98. The van der Waals surface area contributed by atoms with Crippen LogP contribution in [0.4, 0.5) is 16.3 Å². The molecule has 0 aliphatic carbocycles. The minimum Gasteiger partial charge on any atom is -0.467 e. The standard InChI is InChI=1S/C29H31N7O4/c1-6-21-23(19-10-12-20(13-11-19)36-27(40-5)32-33(4)28(36)38)14-15-31-25(21)35-17-16-34(29(35)39)24-9-7-8-22(18(24)2)26(37)30-3/h7-15H,6,16-17H2,1-5H3,(H,30,37). The number of rotatable bonds is 7. The van der Waals surface area contributed by atoms with Crippen LogP contribution in [-0.2, 0) is 13.5 Å². The van der Waals surface area contributed by atoms with Gasteiger partial charge in [0.05, 0.1) is 12.8 Å². The summed E-state index contributed by atoms with van der Waals surface area (Å²) in [5.41, 5.74) is 5.14. The lowest BCUT2D eigenvalue weighted by molar-refractivity contribution is 0.0962. The molecule has 1 saturated heterocycles. The summed E-state index contributed by atoms with van der Waals surface area (Å²) in [6.07, 6.45) is 2.37. The van der Waals surface area contributed by atoms with Gasteiger partial charge in [-0.2, -0.15) is 0 Å². The van der Waals surface area contributed by atoms with Gasteiger partial charge >= 0.3 is 17.7 Å². The molecule has 2 aromatic carbocycles. The number of carbonyl (C=O) groups excluding carboxylic acids is 2. The number of amides is 3. The molecule has 0 spiro atoms. The number of methoxy groups -OCH3 is 1. The Bertz CT molecular complexity index is 1660. The van der Waals surface area contributed by atoms with E-state index in [0.29, 0.717) is 42.3 Å². The van der Waals surface area contributed by atoms with Crippen molar-refractivity contribution in [2.24, 2.45) is 7.05 Å². The summed E-state index contributed by atoms with van der Waals surface area (Å²) in [4.78, 5) is 46.6. The molecule has 40 heavy (non-hydrogen) atoms. The maximum absolute atomic E-state index is 13.7. The number of nitrogens with one attached hydrogen (secondary N) is 1. The molecular formula is C29H31N7O4. The maximum atomic E-state index is 13.7. The Morgan fingerprint density at radius 1 is 1.05 bits per heavy atom. The van der Waals surface area contributed by atoms with Gasteiger partial charge in [0, 0.05) is 50.2 Å². The van der Waals surface area contributed by atoms with E-state index in [1.807, 2.05) is 50.2 Å². The van der Waals surface area contributed by atoms with Gasteiger partial charge in [0.15, 0.2) is 0 Å². The van der Waals surface area contributed by atoms with Crippen LogP contribution >= 0.6 is 0 Å². The molecular weight excluding hydrogens is 510 g/mol. The van der Waals surface area contributed by atoms with Crippen LogP contribution in [0, 0.1) is 6.92 Å². The first-order valence-corrected chi connectivity index (χ1v) is 13.0. The third kappa shape index (κ3) is 4.39. The monoisotopic (exact) mass is 541 g/mol. The largest absolute Gasteiger partial charge is 0.467 e. The molecule has 1 fully saturated rings. The van der Waals surface area contributed by atoms with Crippen LogP contribution in [0.15, 0.2) is 59.5 Å². The van der Waals surface area contributed by atoms with E-state index in [2.05, 4.69) is 15.4 Å². The van der Waals surface area contributed by atoms with Gasteiger partial charge < -0.3 is 10.1 Å². The van der Waals surface area contributed by atoms with E-state index >= 15 is 0 Å². The first kappa shape index (κ1) is 26.7. The Morgan fingerprint density at radius 2 is 1.77 bits per heavy atom. The molecule has 1 N–H and O–H groups in total. The minimum atomic E-state index is -0.307. The van der Waals surface area contributed by atoms with E-state index in [4.69, 9.17) is 4.74 Å². The van der Waals surface area contributed by atoms with Gasteiger partial charge in [-0.05, 0) is 60.4 Å². The number of anilines is 2. The number of aryl methyl sites for hydroxylation is 1. The van der Waals surface area contributed by atoms with Crippen LogP contribution in [0.3, 0.4) is 0 Å².